The molecule has 4 aromatic heterocycles. The topological polar surface area (TPSA) is 93.9 Å². The lowest BCUT2D eigenvalue weighted by atomic mass is 10.1. The maximum absolute atomic E-state index is 9.17. The van der Waals surface area contributed by atoms with E-state index in [4.69, 9.17) is 4.74 Å². The third kappa shape index (κ3) is 2.60. The highest BCUT2D eigenvalue weighted by Crippen LogP contribution is 2.31. The van der Waals surface area contributed by atoms with Crippen molar-refractivity contribution in [3.05, 3.63) is 66.4 Å². The number of fused-ring (bicyclic) bond motifs is 2. The van der Waals surface area contributed by atoms with E-state index < -0.39 is 0 Å². The zero-order valence-corrected chi connectivity index (χ0v) is 15.7. The Morgan fingerprint density at radius 3 is 2.86 bits per heavy atom. The number of nitriles is 1. The number of hydrogen-bond acceptors (Lipinski definition) is 6. The molecule has 0 fully saturated rings. The van der Waals surface area contributed by atoms with E-state index in [1.807, 2.05) is 42.2 Å². The van der Waals surface area contributed by atoms with Gasteiger partial charge in [-0.25, -0.2) is 14.2 Å². The third-order valence-corrected chi connectivity index (χ3v) is 4.84. The second kappa shape index (κ2) is 6.42. The number of ether oxygens (including phenoxy) is 1. The maximum Gasteiger partial charge on any atom is 0.164 e. The van der Waals surface area contributed by atoms with Crippen molar-refractivity contribution in [1.82, 2.24) is 29.4 Å². The number of nitrogens with zero attached hydrogens (tertiary/aromatic N) is 7. The standard InChI is InChI=1S/C21H15N7O/c1-13-15-11-24-17(16-12-25-27-7-3-6-23-21(16)27)9-19(15)28(26-13)18-5-4-14(10-22)8-20(18)29-2/h3-9,11-12H,1-2H3. The summed E-state index contributed by atoms with van der Waals surface area (Å²) in [6.45, 7) is 1.94. The first kappa shape index (κ1) is 16.9. The van der Waals surface area contributed by atoms with Crippen molar-refractivity contribution in [1.29, 1.82) is 5.26 Å². The SMILES string of the molecule is COc1cc(C#N)ccc1-n1nc(C)c2cnc(-c3cnn4cccnc34)cc21. The van der Waals surface area contributed by atoms with Gasteiger partial charge in [-0.05, 0) is 31.2 Å². The summed E-state index contributed by atoms with van der Waals surface area (Å²) in [6, 6.07) is 11.2. The largest absolute Gasteiger partial charge is 0.494 e. The first-order valence-corrected chi connectivity index (χ1v) is 8.92. The zero-order valence-electron chi connectivity index (χ0n) is 15.7. The van der Waals surface area contributed by atoms with Crippen molar-refractivity contribution in [2.75, 3.05) is 7.11 Å². The van der Waals surface area contributed by atoms with Gasteiger partial charge in [0, 0.05) is 30.0 Å². The molecule has 8 nitrogen and oxygen atoms in total. The molecule has 1 aromatic carbocycles. The van der Waals surface area contributed by atoms with E-state index in [9.17, 15) is 5.26 Å². The van der Waals surface area contributed by atoms with Crippen molar-refractivity contribution in [3.8, 4) is 28.8 Å². The minimum atomic E-state index is 0.526. The summed E-state index contributed by atoms with van der Waals surface area (Å²) in [5, 5.41) is 19.1. The van der Waals surface area contributed by atoms with E-state index in [0.29, 0.717) is 11.3 Å². The Balaban J connectivity index is 1.74. The van der Waals surface area contributed by atoms with Crippen LogP contribution in [0.3, 0.4) is 0 Å². The van der Waals surface area contributed by atoms with E-state index in [-0.39, 0.29) is 0 Å². The van der Waals surface area contributed by atoms with E-state index in [0.717, 1.165) is 39.2 Å². The van der Waals surface area contributed by atoms with Crippen LogP contribution in [0, 0.1) is 18.3 Å². The van der Waals surface area contributed by atoms with Crippen LogP contribution < -0.4 is 4.74 Å². The van der Waals surface area contributed by atoms with Crippen LogP contribution in [0.2, 0.25) is 0 Å². The van der Waals surface area contributed by atoms with Crippen LogP contribution in [0.5, 0.6) is 5.75 Å². The summed E-state index contributed by atoms with van der Waals surface area (Å²) in [5.41, 5.74) is 5.33. The summed E-state index contributed by atoms with van der Waals surface area (Å²) in [6.07, 6.45) is 7.15. The minimum Gasteiger partial charge on any atom is -0.494 e. The molecule has 0 saturated carbocycles. The normalized spacial score (nSPS) is 11.1. The lowest BCUT2D eigenvalue weighted by molar-refractivity contribution is 0.412. The fraction of sp³-hybridized carbons (Fsp3) is 0.0952. The molecule has 0 unspecified atom stereocenters. The molecule has 0 aliphatic rings. The molecule has 5 aromatic rings. The molecular formula is C21H15N7O. The summed E-state index contributed by atoms with van der Waals surface area (Å²) in [5.74, 6) is 0.574. The molecule has 0 aliphatic carbocycles. The second-order valence-electron chi connectivity index (χ2n) is 6.53. The number of hydrogen-bond donors (Lipinski definition) is 0. The molecular weight excluding hydrogens is 366 g/mol. The molecule has 5 rings (SSSR count). The third-order valence-electron chi connectivity index (χ3n) is 4.84. The number of aromatic nitrogens is 6. The first-order chi connectivity index (χ1) is 14.2. The summed E-state index contributed by atoms with van der Waals surface area (Å²) < 4.78 is 9.04. The molecule has 0 amide bonds. The molecule has 0 atom stereocenters. The molecule has 8 heteroatoms. The second-order valence-corrected chi connectivity index (χ2v) is 6.53. The smallest absolute Gasteiger partial charge is 0.164 e. The maximum atomic E-state index is 9.17. The van der Waals surface area contributed by atoms with E-state index in [2.05, 4.69) is 26.2 Å². The lowest BCUT2D eigenvalue weighted by Crippen LogP contribution is -2.01. The molecule has 140 valence electrons. The average Bonchev–Trinajstić information content (AvgIpc) is 3.34. The van der Waals surface area contributed by atoms with E-state index in [1.165, 1.54) is 0 Å². The van der Waals surface area contributed by atoms with Gasteiger partial charge in [-0.2, -0.15) is 15.5 Å². The summed E-state index contributed by atoms with van der Waals surface area (Å²) in [4.78, 5) is 9.03. The monoisotopic (exact) mass is 381 g/mol. The van der Waals surface area contributed by atoms with Crippen molar-refractivity contribution in [2.45, 2.75) is 6.92 Å². The Bertz CT molecular complexity index is 1420. The Labute approximate surface area is 165 Å². The predicted octanol–water partition coefficient (Wildman–Crippen LogP) is 3.32. The Hall–Kier alpha value is -4.25. The predicted molar refractivity (Wildman–Crippen MR) is 107 cm³/mol. The molecule has 0 aliphatic heterocycles. The molecule has 0 bridgehead atoms. The van der Waals surface area contributed by atoms with Crippen LogP contribution in [0.15, 0.2) is 55.1 Å². The molecule has 0 N–H and O–H groups in total. The number of aryl methyl sites for hydroxylation is 1. The first-order valence-electron chi connectivity index (χ1n) is 8.92. The molecule has 29 heavy (non-hydrogen) atoms. The van der Waals surface area contributed by atoms with Crippen LogP contribution >= 0.6 is 0 Å². The highest BCUT2D eigenvalue weighted by atomic mass is 16.5. The number of rotatable bonds is 3. The Morgan fingerprint density at radius 2 is 2.03 bits per heavy atom. The molecule has 0 saturated heterocycles. The van der Waals surface area contributed by atoms with Gasteiger partial charge in [-0.3, -0.25) is 4.98 Å². The molecule has 4 heterocycles. The van der Waals surface area contributed by atoms with Crippen LogP contribution in [0.25, 0.3) is 33.5 Å². The van der Waals surface area contributed by atoms with E-state index >= 15 is 0 Å². The Kier molecular flexibility index (Phi) is 3.74. The molecule has 0 spiro atoms. The number of benzene rings is 1. The van der Waals surface area contributed by atoms with Gasteiger partial charge in [0.1, 0.15) is 11.4 Å². The fourth-order valence-corrected chi connectivity index (χ4v) is 3.42. The van der Waals surface area contributed by atoms with Crippen LogP contribution in [-0.2, 0) is 0 Å². The van der Waals surface area contributed by atoms with Crippen molar-refractivity contribution in [2.24, 2.45) is 0 Å². The van der Waals surface area contributed by atoms with Gasteiger partial charge in [0.2, 0.25) is 0 Å². The van der Waals surface area contributed by atoms with Gasteiger partial charge < -0.3 is 4.74 Å². The van der Waals surface area contributed by atoms with Crippen molar-refractivity contribution < 1.29 is 4.74 Å². The van der Waals surface area contributed by atoms with Crippen molar-refractivity contribution >= 4 is 16.6 Å². The summed E-state index contributed by atoms with van der Waals surface area (Å²) in [7, 11) is 1.58. The number of methoxy groups -OCH3 is 1. The van der Waals surface area contributed by atoms with Gasteiger partial charge >= 0.3 is 0 Å². The lowest BCUT2D eigenvalue weighted by Gasteiger charge is -2.10. The Morgan fingerprint density at radius 1 is 1.14 bits per heavy atom. The number of pyridine rings is 1. The van der Waals surface area contributed by atoms with Gasteiger partial charge in [-0.15, -0.1) is 0 Å². The fourth-order valence-electron chi connectivity index (χ4n) is 3.42. The molecule has 0 radical (unpaired) electrons. The minimum absolute atomic E-state index is 0.526. The van der Waals surface area contributed by atoms with Gasteiger partial charge in [0.15, 0.2) is 5.65 Å². The zero-order chi connectivity index (χ0) is 20.0. The summed E-state index contributed by atoms with van der Waals surface area (Å²) >= 11 is 0. The van der Waals surface area contributed by atoms with Crippen LogP contribution in [0.4, 0.5) is 0 Å². The highest BCUT2D eigenvalue weighted by Gasteiger charge is 2.16. The van der Waals surface area contributed by atoms with Crippen LogP contribution in [0.1, 0.15) is 11.3 Å². The average molecular weight is 381 g/mol. The van der Waals surface area contributed by atoms with Gasteiger partial charge in [-0.1, -0.05) is 0 Å². The van der Waals surface area contributed by atoms with Gasteiger partial charge in [0.25, 0.3) is 0 Å². The van der Waals surface area contributed by atoms with E-state index in [1.54, 1.807) is 36.2 Å². The highest BCUT2D eigenvalue weighted by molar-refractivity contribution is 5.88. The van der Waals surface area contributed by atoms with Crippen LogP contribution in [-0.4, -0.2) is 36.5 Å². The van der Waals surface area contributed by atoms with Gasteiger partial charge in [0.05, 0.1) is 47.4 Å². The quantitative estimate of drug-likeness (QED) is 0.476. The van der Waals surface area contributed by atoms with Crippen molar-refractivity contribution in [3.63, 3.8) is 0 Å².